The first-order valence-corrected chi connectivity index (χ1v) is 10.7. The van der Waals surface area contributed by atoms with Crippen LogP contribution in [0.15, 0.2) is 38.2 Å². The number of benzene rings is 1. The molecule has 0 saturated heterocycles. The molecule has 0 saturated carbocycles. The van der Waals surface area contributed by atoms with Crippen LogP contribution >= 0.6 is 46.9 Å². The molecule has 1 atom stereocenters. The molecular weight excluding hydrogens is 454 g/mol. The van der Waals surface area contributed by atoms with Crippen LogP contribution in [0.3, 0.4) is 0 Å². The minimum atomic E-state index is -0.720. The summed E-state index contributed by atoms with van der Waals surface area (Å²) in [4.78, 5) is 37.3. The molecule has 12 heteroatoms. The van der Waals surface area contributed by atoms with E-state index in [1.807, 2.05) is 0 Å². The number of hydrogen-bond acceptors (Lipinski definition) is 8. The van der Waals surface area contributed by atoms with Crippen molar-refractivity contribution in [2.75, 3.05) is 5.73 Å². The van der Waals surface area contributed by atoms with Gasteiger partial charge >= 0.3 is 5.69 Å². The second-order valence-electron chi connectivity index (χ2n) is 6.11. The Morgan fingerprint density at radius 2 is 1.86 bits per heavy atom. The van der Waals surface area contributed by atoms with Gasteiger partial charge in [0.05, 0.1) is 10.9 Å². The first-order chi connectivity index (χ1) is 13.6. The normalized spacial score (nSPS) is 12.1. The zero-order chi connectivity index (χ0) is 21.5. The van der Waals surface area contributed by atoms with Gasteiger partial charge in [0, 0.05) is 19.1 Å². The van der Waals surface area contributed by atoms with E-state index < -0.39 is 22.3 Å². The quantitative estimate of drug-likeness (QED) is 0.348. The van der Waals surface area contributed by atoms with Gasteiger partial charge in [-0.05, 0) is 43.4 Å². The number of anilines is 1. The van der Waals surface area contributed by atoms with E-state index in [2.05, 4.69) is 5.10 Å². The SMILES string of the molecule is CC(Sc1nn(-c2ccc(Cl)cc2)c(=S)s1)C(=O)c1c(N)n(C)c(=O)n(C)c1=O. The lowest BCUT2D eigenvalue weighted by molar-refractivity contribution is 0.0992. The first-order valence-electron chi connectivity index (χ1n) is 8.24. The van der Waals surface area contributed by atoms with E-state index >= 15 is 0 Å². The number of thioether (sulfide) groups is 1. The van der Waals surface area contributed by atoms with Gasteiger partial charge in [-0.1, -0.05) is 34.7 Å². The molecule has 152 valence electrons. The fourth-order valence-electron chi connectivity index (χ4n) is 2.55. The first kappa shape index (κ1) is 21.5. The molecule has 3 aromatic rings. The van der Waals surface area contributed by atoms with Crippen LogP contribution in [-0.4, -0.2) is 29.9 Å². The molecule has 0 aliphatic rings. The van der Waals surface area contributed by atoms with E-state index in [1.165, 1.54) is 37.2 Å². The molecule has 0 spiro atoms. The Morgan fingerprint density at radius 3 is 2.48 bits per heavy atom. The number of ketones is 1. The molecule has 2 heterocycles. The summed E-state index contributed by atoms with van der Waals surface area (Å²) in [6.07, 6.45) is 0. The minimum Gasteiger partial charge on any atom is -0.384 e. The van der Waals surface area contributed by atoms with Crippen LogP contribution in [0.25, 0.3) is 5.69 Å². The average molecular weight is 470 g/mol. The molecule has 0 radical (unpaired) electrons. The van der Waals surface area contributed by atoms with Crippen molar-refractivity contribution in [2.45, 2.75) is 16.5 Å². The van der Waals surface area contributed by atoms with E-state index in [0.717, 1.165) is 14.8 Å². The van der Waals surface area contributed by atoms with E-state index in [0.29, 0.717) is 13.3 Å². The van der Waals surface area contributed by atoms with Gasteiger partial charge in [0.15, 0.2) is 14.1 Å². The van der Waals surface area contributed by atoms with Crippen molar-refractivity contribution in [2.24, 2.45) is 14.1 Å². The topological polar surface area (TPSA) is 105 Å². The molecule has 29 heavy (non-hydrogen) atoms. The number of nitrogen functional groups attached to an aromatic ring is 1. The monoisotopic (exact) mass is 469 g/mol. The van der Waals surface area contributed by atoms with Crippen LogP contribution in [0.4, 0.5) is 5.82 Å². The minimum absolute atomic E-state index is 0.158. The fraction of sp³-hybridized carbons (Fsp3) is 0.235. The van der Waals surface area contributed by atoms with Gasteiger partial charge in [0.25, 0.3) is 5.56 Å². The van der Waals surface area contributed by atoms with Crippen LogP contribution in [0.1, 0.15) is 17.3 Å². The Morgan fingerprint density at radius 1 is 1.24 bits per heavy atom. The average Bonchev–Trinajstić information content (AvgIpc) is 3.05. The second kappa shape index (κ2) is 8.27. The van der Waals surface area contributed by atoms with Gasteiger partial charge in [-0.25, -0.2) is 9.48 Å². The van der Waals surface area contributed by atoms with Crippen LogP contribution in [0.2, 0.25) is 5.02 Å². The number of Topliss-reactive ketones (excluding diaryl/α,β-unsaturated/α-hetero) is 1. The number of halogens is 1. The van der Waals surface area contributed by atoms with E-state index in [4.69, 9.17) is 29.6 Å². The zero-order valence-electron chi connectivity index (χ0n) is 15.6. The van der Waals surface area contributed by atoms with Gasteiger partial charge in [-0.2, -0.15) is 0 Å². The fourth-order valence-corrected chi connectivity index (χ4v) is 5.24. The van der Waals surface area contributed by atoms with E-state index in [-0.39, 0.29) is 11.4 Å². The maximum atomic E-state index is 12.9. The summed E-state index contributed by atoms with van der Waals surface area (Å²) >= 11 is 13.7. The third kappa shape index (κ3) is 4.08. The molecule has 0 aliphatic carbocycles. The summed E-state index contributed by atoms with van der Waals surface area (Å²) in [5.74, 6) is -0.641. The number of nitrogens with two attached hydrogens (primary N) is 1. The molecule has 1 unspecified atom stereocenters. The number of carbonyl (C=O) groups is 1. The summed E-state index contributed by atoms with van der Waals surface area (Å²) in [6.45, 7) is 1.65. The molecule has 3 rings (SSSR count). The van der Waals surface area contributed by atoms with Crippen LogP contribution in [0.5, 0.6) is 0 Å². The maximum absolute atomic E-state index is 12.9. The third-order valence-electron chi connectivity index (χ3n) is 4.20. The van der Waals surface area contributed by atoms with Crippen molar-refractivity contribution < 1.29 is 4.79 Å². The number of rotatable bonds is 5. The summed E-state index contributed by atoms with van der Waals surface area (Å²) < 4.78 is 4.58. The smallest absolute Gasteiger partial charge is 0.332 e. The van der Waals surface area contributed by atoms with Crippen LogP contribution in [0, 0.1) is 3.95 Å². The third-order valence-corrected chi connectivity index (χ3v) is 6.87. The Hall–Kier alpha value is -2.21. The molecule has 0 bridgehead atoms. The van der Waals surface area contributed by atoms with Crippen molar-refractivity contribution in [1.29, 1.82) is 0 Å². The Kier molecular flexibility index (Phi) is 6.13. The lowest BCUT2D eigenvalue weighted by Gasteiger charge is -2.13. The van der Waals surface area contributed by atoms with E-state index in [9.17, 15) is 14.4 Å². The lowest BCUT2D eigenvalue weighted by atomic mass is 10.1. The molecule has 2 aromatic heterocycles. The van der Waals surface area contributed by atoms with E-state index in [1.54, 1.807) is 35.9 Å². The predicted octanol–water partition coefficient (Wildman–Crippen LogP) is 2.66. The summed E-state index contributed by atoms with van der Waals surface area (Å²) in [6, 6.07) is 7.04. The summed E-state index contributed by atoms with van der Waals surface area (Å²) in [5, 5.41) is 4.38. The zero-order valence-corrected chi connectivity index (χ0v) is 18.8. The maximum Gasteiger partial charge on any atom is 0.332 e. The van der Waals surface area contributed by atoms with Gasteiger partial charge in [-0.3, -0.25) is 18.7 Å². The molecule has 2 N–H and O–H groups in total. The lowest BCUT2D eigenvalue weighted by Crippen LogP contribution is -2.42. The van der Waals surface area contributed by atoms with Crippen molar-refractivity contribution >= 4 is 58.5 Å². The van der Waals surface area contributed by atoms with Crippen LogP contribution < -0.4 is 17.0 Å². The highest BCUT2D eigenvalue weighted by atomic mass is 35.5. The molecule has 0 fully saturated rings. The number of aromatic nitrogens is 4. The Balaban J connectivity index is 1.91. The standard InChI is InChI=1S/C17H16ClN5O3S3/c1-8(12(24)11-13(19)21(2)16(26)22(3)14(11)25)28-15-20-23(17(27)29-15)10-6-4-9(18)5-7-10/h4-8H,19H2,1-3H3. The second-order valence-corrected chi connectivity index (χ2v) is 9.76. The van der Waals surface area contributed by atoms with Gasteiger partial charge in [-0.15, -0.1) is 5.10 Å². The number of hydrogen-bond donors (Lipinski definition) is 1. The van der Waals surface area contributed by atoms with Gasteiger partial charge < -0.3 is 5.73 Å². The Bertz CT molecular complexity index is 1270. The molecule has 8 nitrogen and oxygen atoms in total. The molecule has 1 aromatic carbocycles. The summed E-state index contributed by atoms with van der Waals surface area (Å²) in [7, 11) is 2.71. The highest BCUT2D eigenvalue weighted by Crippen LogP contribution is 2.29. The van der Waals surface area contributed by atoms with Crippen molar-refractivity contribution in [3.05, 3.63) is 59.6 Å². The van der Waals surface area contributed by atoms with Crippen molar-refractivity contribution in [3.8, 4) is 5.69 Å². The van der Waals surface area contributed by atoms with Gasteiger partial charge in [0.1, 0.15) is 11.4 Å². The van der Waals surface area contributed by atoms with Crippen LogP contribution in [-0.2, 0) is 14.1 Å². The molecular formula is C17H16ClN5O3S3. The predicted molar refractivity (Wildman–Crippen MR) is 118 cm³/mol. The number of carbonyl (C=O) groups excluding carboxylic acids is 1. The number of nitrogens with zero attached hydrogens (tertiary/aromatic N) is 4. The largest absolute Gasteiger partial charge is 0.384 e. The molecule has 0 amide bonds. The summed E-state index contributed by atoms with van der Waals surface area (Å²) in [5.41, 5.74) is 5.10. The molecule has 0 aliphatic heterocycles. The van der Waals surface area contributed by atoms with Crippen molar-refractivity contribution in [1.82, 2.24) is 18.9 Å². The van der Waals surface area contributed by atoms with Crippen molar-refractivity contribution in [3.63, 3.8) is 0 Å². The highest BCUT2D eigenvalue weighted by molar-refractivity contribution is 8.02. The van der Waals surface area contributed by atoms with Gasteiger partial charge in [0.2, 0.25) is 0 Å². The Labute approximate surface area is 183 Å². The highest BCUT2D eigenvalue weighted by Gasteiger charge is 2.26.